The van der Waals surface area contributed by atoms with E-state index in [0.717, 1.165) is 66.9 Å². The van der Waals surface area contributed by atoms with E-state index in [1.807, 2.05) is 49.1 Å². The minimum absolute atomic E-state index is 0.0170. The highest BCUT2D eigenvalue weighted by Crippen LogP contribution is 2.40. The van der Waals surface area contributed by atoms with Crippen LogP contribution in [0.5, 0.6) is 11.5 Å². The van der Waals surface area contributed by atoms with E-state index in [2.05, 4.69) is 141 Å². The summed E-state index contributed by atoms with van der Waals surface area (Å²) in [6.45, 7) is 0.908. The van der Waals surface area contributed by atoms with Crippen molar-refractivity contribution in [2.45, 2.75) is 25.0 Å². The Balaban J connectivity index is 0.953. The van der Waals surface area contributed by atoms with Crippen LogP contribution in [-0.4, -0.2) is 19.9 Å². The van der Waals surface area contributed by atoms with Gasteiger partial charge in [0.15, 0.2) is 0 Å². The molecule has 6 heteroatoms. The summed E-state index contributed by atoms with van der Waals surface area (Å²) in [6.07, 6.45) is 7.92. The second kappa shape index (κ2) is 13.9. The van der Waals surface area contributed by atoms with E-state index in [1.54, 1.807) is 0 Å². The van der Waals surface area contributed by atoms with E-state index >= 15 is 0 Å². The molecule has 0 atom stereocenters. The summed E-state index contributed by atoms with van der Waals surface area (Å²) < 4.78 is 13.2. The van der Waals surface area contributed by atoms with Gasteiger partial charge in [0.25, 0.3) is 0 Å². The van der Waals surface area contributed by atoms with Crippen LogP contribution in [0.25, 0.3) is 21.5 Å². The van der Waals surface area contributed by atoms with Gasteiger partial charge in [-0.05, 0) is 93.7 Å². The molecule has 0 fully saturated rings. The molecule has 9 aromatic rings. The van der Waals surface area contributed by atoms with Crippen molar-refractivity contribution in [3.63, 3.8) is 0 Å². The average Bonchev–Trinajstić information content (AvgIpc) is 4.04. The van der Waals surface area contributed by atoms with Gasteiger partial charge in [-0.15, -0.1) is 0 Å². The van der Waals surface area contributed by atoms with Crippen molar-refractivity contribution in [3.8, 4) is 11.5 Å². The maximum atomic E-state index is 6.59. The number of hydrogen-bond donors (Lipinski definition) is 4. The topological polar surface area (TPSA) is 81.6 Å². The number of aromatic amines is 4. The van der Waals surface area contributed by atoms with E-state index < -0.39 is 0 Å². The van der Waals surface area contributed by atoms with Crippen molar-refractivity contribution in [1.82, 2.24) is 19.9 Å². The molecule has 4 N–H and O–H groups in total. The van der Waals surface area contributed by atoms with Gasteiger partial charge in [-0.2, -0.15) is 0 Å². The van der Waals surface area contributed by atoms with E-state index in [0.29, 0.717) is 13.2 Å². The number of benzene rings is 5. The summed E-state index contributed by atoms with van der Waals surface area (Å²) >= 11 is 0. The zero-order valence-electron chi connectivity index (χ0n) is 28.6. The fraction of sp³-hybridized carbons (Fsp3) is 0.0870. The van der Waals surface area contributed by atoms with E-state index in [1.165, 1.54) is 11.1 Å². The number of rotatable bonds is 12. The second-order valence-corrected chi connectivity index (χ2v) is 13.2. The molecule has 52 heavy (non-hydrogen) atoms. The van der Waals surface area contributed by atoms with Crippen LogP contribution in [0.2, 0.25) is 0 Å². The van der Waals surface area contributed by atoms with Crippen molar-refractivity contribution >= 4 is 21.5 Å². The standard InChI is InChI=1S/C46H38N4O2/c1-9-33-11-3-19-41(43(33)35(13-1)45(37-15-5-25-47-37)38-16-6-26-48-38)51-29-31-21-23-32(24-22-31)30-52-42-20-4-12-34-10-2-14-36(44(34)42)46(39-17-7-27-49-39)40-18-8-28-50-40/h1-28,45-50H,29-30H2. The molecular weight excluding hydrogens is 641 g/mol. The summed E-state index contributed by atoms with van der Waals surface area (Å²) in [7, 11) is 0. The molecule has 254 valence electrons. The molecule has 0 radical (unpaired) electrons. The number of hydrogen-bond acceptors (Lipinski definition) is 2. The lowest BCUT2D eigenvalue weighted by atomic mass is 9.88. The third-order valence-corrected chi connectivity index (χ3v) is 9.96. The average molecular weight is 679 g/mol. The van der Waals surface area contributed by atoms with Gasteiger partial charge in [-0.1, -0.05) is 84.9 Å². The Kier molecular flexibility index (Phi) is 8.39. The van der Waals surface area contributed by atoms with Gasteiger partial charge >= 0.3 is 0 Å². The third-order valence-electron chi connectivity index (χ3n) is 9.96. The van der Waals surface area contributed by atoms with Crippen LogP contribution >= 0.6 is 0 Å². The molecule has 0 amide bonds. The Labute approximate surface area is 302 Å². The first-order valence-electron chi connectivity index (χ1n) is 17.7. The van der Waals surface area contributed by atoms with E-state index in [4.69, 9.17) is 9.47 Å². The second-order valence-electron chi connectivity index (χ2n) is 13.2. The fourth-order valence-corrected chi connectivity index (χ4v) is 7.55. The number of H-pyrrole nitrogens is 4. The molecule has 0 aliphatic rings. The molecule has 4 aromatic heterocycles. The van der Waals surface area contributed by atoms with Crippen LogP contribution in [0.4, 0.5) is 0 Å². The smallest absolute Gasteiger partial charge is 0.127 e. The molecule has 0 aliphatic carbocycles. The van der Waals surface area contributed by atoms with Crippen molar-refractivity contribution in [2.24, 2.45) is 0 Å². The summed E-state index contributed by atoms with van der Waals surface area (Å²) in [6, 6.07) is 50.8. The molecule has 6 nitrogen and oxygen atoms in total. The fourth-order valence-electron chi connectivity index (χ4n) is 7.55. The molecule has 0 bridgehead atoms. The zero-order valence-corrected chi connectivity index (χ0v) is 28.6. The first-order chi connectivity index (χ1) is 25.8. The minimum Gasteiger partial charge on any atom is -0.488 e. The first-order valence-corrected chi connectivity index (χ1v) is 17.7. The van der Waals surface area contributed by atoms with Gasteiger partial charge in [0.2, 0.25) is 0 Å². The number of fused-ring (bicyclic) bond motifs is 2. The lowest BCUT2D eigenvalue weighted by Gasteiger charge is -2.20. The number of ether oxygens (including phenoxy) is 2. The Morgan fingerprint density at radius 3 is 1.04 bits per heavy atom. The molecule has 5 aromatic carbocycles. The lowest BCUT2D eigenvalue weighted by Crippen LogP contribution is -2.06. The molecule has 0 saturated heterocycles. The van der Waals surface area contributed by atoms with Crippen LogP contribution in [0.3, 0.4) is 0 Å². The maximum Gasteiger partial charge on any atom is 0.127 e. The lowest BCUT2D eigenvalue weighted by molar-refractivity contribution is 0.306. The van der Waals surface area contributed by atoms with Gasteiger partial charge in [-0.3, -0.25) is 0 Å². The van der Waals surface area contributed by atoms with Crippen molar-refractivity contribution in [3.05, 3.63) is 215 Å². The van der Waals surface area contributed by atoms with Crippen LogP contribution < -0.4 is 9.47 Å². The third kappa shape index (κ3) is 6.05. The summed E-state index contributed by atoms with van der Waals surface area (Å²) in [4.78, 5) is 13.8. The van der Waals surface area contributed by atoms with E-state index in [9.17, 15) is 0 Å². The number of nitrogens with one attached hydrogen (secondary N) is 4. The van der Waals surface area contributed by atoms with Gasteiger partial charge in [0.1, 0.15) is 24.7 Å². The predicted octanol–water partition coefficient (Wildman–Crippen LogP) is 10.8. The molecule has 0 aliphatic heterocycles. The largest absolute Gasteiger partial charge is 0.488 e. The zero-order chi connectivity index (χ0) is 34.7. The summed E-state index contributed by atoms with van der Waals surface area (Å²) in [5.74, 6) is 1.77. The molecule has 0 saturated carbocycles. The Hall–Kier alpha value is -6.66. The summed E-state index contributed by atoms with van der Waals surface area (Å²) in [5, 5.41) is 4.53. The molecule has 0 spiro atoms. The molecule has 0 unspecified atom stereocenters. The van der Waals surface area contributed by atoms with Crippen LogP contribution in [0.15, 0.2) is 170 Å². The van der Waals surface area contributed by atoms with Crippen LogP contribution in [-0.2, 0) is 13.2 Å². The molecule has 4 heterocycles. The van der Waals surface area contributed by atoms with Crippen molar-refractivity contribution in [1.29, 1.82) is 0 Å². The van der Waals surface area contributed by atoms with Gasteiger partial charge in [-0.25, -0.2) is 0 Å². The normalized spacial score (nSPS) is 11.6. The number of aromatic nitrogens is 4. The Bertz CT molecular complexity index is 2260. The van der Waals surface area contributed by atoms with Gasteiger partial charge < -0.3 is 29.4 Å². The van der Waals surface area contributed by atoms with Crippen LogP contribution in [0, 0.1) is 0 Å². The molecule has 9 rings (SSSR count). The first kappa shape index (κ1) is 31.3. The van der Waals surface area contributed by atoms with Crippen LogP contribution in [0.1, 0.15) is 56.9 Å². The highest BCUT2D eigenvalue weighted by Gasteiger charge is 2.24. The van der Waals surface area contributed by atoms with Gasteiger partial charge in [0, 0.05) is 58.3 Å². The maximum absolute atomic E-state index is 6.59. The highest BCUT2D eigenvalue weighted by atomic mass is 16.5. The predicted molar refractivity (Wildman–Crippen MR) is 208 cm³/mol. The molecular formula is C46H38N4O2. The quantitative estimate of drug-likeness (QED) is 0.104. The Morgan fingerprint density at radius 2 is 0.712 bits per heavy atom. The van der Waals surface area contributed by atoms with Gasteiger partial charge in [0.05, 0.1) is 11.8 Å². The monoisotopic (exact) mass is 678 g/mol. The van der Waals surface area contributed by atoms with Crippen molar-refractivity contribution in [2.75, 3.05) is 0 Å². The Morgan fingerprint density at radius 1 is 0.365 bits per heavy atom. The summed E-state index contributed by atoms with van der Waals surface area (Å²) in [5.41, 5.74) is 9.08. The highest BCUT2D eigenvalue weighted by molar-refractivity contribution is 5.93. The SMILES string of the molecule is c1c[nH]c(C(c2ccc[nH]2)c2cccc3cccc(OCc4ccc(COc5cccc6cccc(C(c7ccc[nH]7)c7ccc[nH]7)c56)cc4)c23)c1. The van der Waals surface area contributed by atoms with E-state index in [-0.39, 0.29) is 11.8 Å². The minimum atomic E-state index is 0.0170. The van der Waals surface area contributed by atoms with Crippen molar-refractivity contribution < 1.29 is 9.47 Å².